The summed E-state index contributed by atoms with van der Waals surface area (Å²) in [4.78, 5) is 11.1. The molecule has 1 aromatic carbocycles. The molecule has 4 nitrogen and oxygen atoms in total. The van der Waals surface area contributed by atoms with Crippen LogP contribution in [0.25, 0.3) is 0 Å². The monoisotopic (exact) mass is 248 g/mol. The maximum atomic E-state index is 11.1. The summed E-state index contributed by atoms with van der Waals surface area (Å²) in [5.74, 6) is 0.588. The summed E-state index contributed by atoms with van der Waals surface area (Å²) in [6.45, 7) is 5.01. The van der Waals surface area contributed by atoms with E-state index >= 15 is 0 Å². The van der Waals surface area contributed by atoms with Gasteiger partial charge in [-0.25, -0.2) is 0 Å². The largest absolute Gasteiger partial charge is 0.381 e. The predicted molar refractivity (Wildman–Crippen MR) is 71.4 cm³/mol. The fourth-order valence-corrected chi connectivity index (χ4v) is 2.14. The highest BCUT2D eigenvalue weighted by molar-refractivity contribution is 5.89. The molecule has 0 saturated carbocycles. The molecule has 1 aliphatic heterocycles. The van der Waals surface area contributed by atoms with E-state index in [1.165, 1.54) is 6.92 Å². The molecule has 2 N–H and O–H groups in total. The Kier molecular flexibility index (Phi) is 4.73. The van der Waals surface area contributed by atoms with Gasteiger partial charge in [0.2, 0.25) is 5.91 Å². The lowest BCUT2D eigenvalue weighted by Crippen LogP contribution is -2.23. The van der Waals surface area contributed by atoms with E-state index in [4.69, 9.17) is 4.74 Å². The van der Waals surface area contributed by atoms with Gasteiger partial charge in [0.15, 0.2) is 0 Å². The Hall–Kier alpha value is -1.39. The Morgan fingerprint density at radius 1 is 1.44 bits per heavy atom. The molecular formula is C14H20N2O2. The van der Waals surface area contributed by atoms with Crippen molar-refractivity contribution in [2.24, 2.45) is 5.92 Å². The van der Waals surface area contributed by atoms with Crippen LogP contribution in [0, 0.1) is 5.92 Å². The third-order valence-corrected chi connectivity index (χ3v) is 3.10. The van der Waals surface area contributed by atoms with Crippen LogP contribution in [0.4, 0.5) is 5.69 Å². The second kappa shape index (κ2) is 6.52. The normalized spacial score (nSPS) is 18.8. The second-order valence-corrected chi connectivity index (χ2v) is 4.70. The van der Waals surface area contributed by atoms with Gasteiger partial charge in [0.1, 0.15) is 0 Å². The number of hydrogen-bond acceptors (Lipinski definition) is 3. The average Bonchev–Trinajstić information content (AvgIpc) is 2.84. The number of anilines is 1. The van der Waals surface area contributed by atoms with E-state index < -0.39 is 0 Å². The number of benzene rings is 1. The first-order valence-electron chi connectivity index (χ1n) is 6.39. The molecule has 98 valence electrons. The summed E-state index contributed by atoms with van der Waals surface area (Å²) >= 11 is 0. The van der Waals surface area contributed by atoms with Crippen molar-refractivity contribution in [1.82, 2.24) is 5.32 Å². The molecule has 1 heterocycles. The quantitative estimate of drug-likeness (QED) is 0.835. The summed E-state index contributed by atoms with van der Waals surface area (Å²) in [6, 6.07) is 7.88. The highest BCUT2D eigenvalue weighted by Gasteiger charge is 2.14. The number of rotatable bonds is 5. The van der Waals surface area contributed by atoms with Crippen LogP contribution in [0.2, 0.25) is 0 Å². The summed E-state index contributed by atoms with van der Waals surface area (Å²) in [7, 11) is 0. The summed E-state index contributed by atoms with van der Waals surface area (Å²) < 4.78 is 5.34. The molecule has 1 amide bonds. The fraction of sp³-hybridized carbons (Fsp3) is 0.500. The Morgan fingerprint density at radius 3 is 3.00 bits per heavy atom. The molecule has 18 heavy (non-hydrogen) atoms. The van der Waals surface area contributed by atoms with Crippen molar-refractivity contribution in [2.45, 2.75) is 19.9 Å². The molecule has 1 fully saturated rings. The first kappa shape index (κ1) is 13.1. The first-order valence-corrected chi connectivity index (χ1v) is 6.39. The second-order valence-electron chi connectivity index (χ2n) is 4.70. The smallest absolute Gasteiger partial charge is 0.221 e. The van der Waals surface area contributed by atoms with E-state index in [9.17, 15) is 4.79 Å². The minimum Gasteiger partial charge on any atom is -0.381 e. The SMILES string of the molecule is CC(=O)Nc1ccccc1CNCC1CCOC1. The van der Waals surface area contributed by atoms with E-state index in [0.717, 1.165) is 44.0 Å². The van der Waals surface area contributed by atoms with Crippen molar-refractivity contribution in [2.75, 3.05) is 25.1 Å². The van der Waals surface area contributed by atoms with Crippen LogP contribution >= 0.6 is 0 Å². The van der Waals surface area contributed by atoms with Gasteiger partial charge in [0.05, 0.1) is 6.61 Å². The van der Waals surface area contributed by atoms with Crippen LogP contribution in [0.15, 0.2) is 24.3 Å². The number of ether oxygens (including phenoxy) is 1. The molecule has 0 aliphatic carbocycles. The molecule has 1 aliphatic rings. The van der Waals surface area contributed by atoms with Crippen LogP contribution < -0.4 is 10.6 Å². The maximum absolute atomic E-state index is 11.1. The van der Waals surface area contributed by atoms with Crippen molar-refractivity contribution in [1.29, 1.82) is 0 Å². The molecule has 0 radical (unpaired) electrons. The highest BCUT2D eigenvalue weighted by Crippen LogP contribution is 2.15. The average molecular weight is 248 g/mol. The Balaban J connectivity index is 1.85. The Labute approximate surface area is 108 Å². The topological polar surface area (TPSA) is 50.4 Å². The highest BCUT2D eigenvalue weighted by atomic mass is 16.5. The Bertz CT molecular complexity index is 401. The Morgan fingerprint density at radius 2 is 2.28 bits per heavy atom. The number of carbonyl (C=O) groups excluding carboxylic acids is 1. The zero-order chi connectivity index (χ0) is 12.8. The van der Waals surface area contributed by atoms with Gasteiger partial charge in [-0.1, -0.05) is 18.2 Å². The zero-order valence-electron chi connectivity index (χ0n) is 10.7. The van der Waals surface area contributed by atoms with Gasteiger partial charge in [-0.15, -0.1) is 0 Å². The van der Waals surface area contributed by atoms with E-state index in [1.807, 2.05) is 24.3 Å². The standard InChI is InChI=1S/C14H20N2O2/c1-11(17)16-14-5-3-2-4-13(14)9-15-8-12-6-7-18-10-12/h2-5,12,15H,6-10H2,1H3,(H,16,17). The number of para-hydroxylation sites is 1. The molecule has 1 aromatic rings. The van der Waals surface area contributed by atoms with Crippen LogP contribution in [-0.4, -0.2) is 25.7 Å². The molecule has 0 spiro atoms. The van der Waals surface area contributed by atoms with Crippen molar-refractivity contribution in [3.63, 3.8) is 0 Å². The minimum absolute atomic E-state index is 0.0355. The summed E-state index contributed by atoms with van der Waals surface area (Å²) in [6.07, 6.45) is 1.14. The molecule has 4 heteroatoms. The molecular weight excluding hydrogens is 228 g/mol. The van der Waals surface area contributed by atoms with E-state index in [1.54, 1.807) is 0 Å². The maximum Gasteiger partial charge on any atom is 0.221 e. The third-order valence-electron chi connectivity index (χ3n) is 3.10. The van der Waals surface area contributed by atoms with Gasteiger partial charge in [-0.3, -0.25) is 4.79 Å². The number of carbonyl (C=O) groups is 1. The first-order chi connectivity index (χ1) is 8.75. The number of hydrogen-bond donors (Lipinski definition) is 2. The predicted octanol–water partition coefficient (Wildman–Crippen LogP) is 1.77. The van der Waals surface area contributed by atoms with Crippen LogP contribution in [0.3, 0.4) is 0 Å². The van der Waals surface area contributed by atoms with Crippen LogP contribution in [0.5, 0.6) is 0 Å². The van der Waals surface area contributed by atoms with Gasteiger partial charge >= 0.3 is 0 Å². The molecule has 0 bridgehead atoms. The van der Waals surface area contributed by atoms with Crippen molar-refractivity contribution in [3.05, 3.63) is 29.8 Å². The van der Waals surface area contributed by atoms with Crippen LogP contribution in [0.1, 0.15) is 18.9 Å². The fourth-order valence-electron chi connectivity index (χ4n) is 2.14. The summed E-state index contributed by atoms with van der Waals surface area (Å²) in [5, 5.41) is 6.27. The lowest BCUT2D eigenvalue weighted by Gasteiger charge is -2.12. The lowest BCUT2D eigenvalue weighted by molar-refractivity contribution is -0.114. The molecule has 1 saturated heterocycles. The van der Waals surface area contributed by atoms with Crippen LogP contribution in [-0.2, 0) is 16.1 Å². The number of nitrogens with one attached hydrogen (secondary N) is 2. The lowest BCUT2D eigenvalue weighted by atomic mass is 10.1. The molecule has 0 aromatic heterocycles. The van der Waals surface area contributed by atoms with Gasteiger partial charge in [-0.05, 0) is 24.0 Å². The van der Waals surface area contributed by atoms with Crippen molar-refractivity contribution in [3.8, 4) is 0 Å². The van der Waals surface area contributed by atoms with E-state index in [-0.39, 0.29) is 5.91 Å². The van der Waals surface area contributed by atoms with Gasteiger partial charge in [0, 0.05) is 32.3 Å². The molecule has 1 unspecified atom stereocenters. The number of amides is 1. The van der Waals surface area contributed by atoms with Crippen molar-refractivity contribution >= 4 is 11.6 Å². The van der Waals surface area contributed by atoms with Gasteiger partial charge in [0.25, 0.3) is 0 Å². The zero-order valence-corrected chi connectivity index (χ0v) is 10.7. The minimum atomic E-state index is -0.0355. The summed E-state index contributed by atoms with van der Waals surface area (Å²) in [5.41, 5.74) is 2.01. The van der Waals surface area contributed by atoms with E-state index in [2.05, 4.69) is 10.6 Å². The van der Waals surface area contributed by atoms with Gasteiger partial charge in [-0.2, -0.15) is 0 Å². The third kappa shape index (κ3) is 3.82. The van der Waals surface area contributed by atoms with Gasteiger partial charge < -0.3 is 15.4 Å². The van der Waals surface area contributed by atoms with E-state index in [0.29, 0.717) is 5.92 Å². The van der Waals surface area contributed by atoms with Crippen molar-refractivity contribution < 1.29 is 9.53 Å². The molecule has 1 atom stereocenters. The molecule has 2 rings (SSSR count).